The van der Waals surface area contributed by atoms with Gasteiger partial charge in [-0.15, -0.1) is 0 Å². The molecule has 1 aliphatic heterocycles. The molecule has 0 bridgehead atoms. The van der Waals surface area contributed by atoms with Crippen LogP contribution in [0, 0.1) is 6.92 Å². The molecular weight excluding hydrogens is 416 g/mol. The molecule has 154 valence electrons. The number of fused-ring (bicyclic) bond motifs is 1. The first-order chi connectivity index (χ1) is 15.0. The Labute approximate surface area is 181 Å². The van der Waals surface area contributed by atoms with Crippen LogP contribution in [0.3, 0.4) is 0 Å². The number of thioether (sulfide) groups is 1. The molecule has 1 saturated heterocycles. The van der Waals surface area contributed by atoms with Crippen molar-refractivity contribution in [2.45, 2.75) is 13.5 Å². The number of amides is 2. The number of aromatic nitrogens is 1. The van der Waals surface area contributed by atoms with Crippen molar-refractivity contribution in [2.75, 3.05) is 0 Å². The maximum Gasteiger partial charge on any atom is 0.290 e. The zero-order chi connectivity index (χ0) is 21.4. The number of nitrogens with one attached hydrogen (secondary N) is 1. The van der Waals surface area contributed by atoms with Crippen molar-refractivity contribution in [3.05, 3.63) is 76.7 Å². The van der Waals surface area contributed by atoms with E-state index in [1.165, 1.54) is 0 Å². The largest absolute Gasteiger partial charge is 0.487 e. The van der Waals surface area contributed by atoms with Crippen LogP contribution in [-0.2, 0) is 11.4 Å². The van der Waals surface area contributed by atoms with Gasteiger partial charge >= 0.3 is 0 Å². The van der Waals surface area contributed by atoms with Crippen molar-refractivity contribution in [1.82, 2.24) is 10.3 Å². The third-order valence-corrected chi connectivity index (χ3v) is 5.53. The minimum atomic E-state index is -0.419. The monoisotopic (exact) mass is 432 g/mol. The van der Waals surface area contributed by atoms with E-state index >= 15 is 0 Å². The summed E-state index contributed by atoms with van der Waals surface area (Å²) in [5.74, 6) is 1.95. The van der Waals surface area contributed by atoms with Gasteiger partial charge in [0.2, 0.25) is 5.89 Å². The first kappa shape index (κ1) is 19.2. The molecule has 0 spiro atoms. The zero-order valence-electron chi connectivity index (χ0n) is 16.4. The summed E-state index contributed by atoms with van der Waals surface area (Å²) in [4.78, 5) is 27.8. The SMILES string of the molecule is Cc1oc(-c2ccccc2)nc1COc1ccc2cc(C=C3SC(=O)NC3=O)oc2c1. The number of furan rings is 1. The summed E-state index contributed by atoms with van der Waals surface area (Å²) < 4.78 is 17.5. The van der Waals surface area contributed by atoms with Crippen LogP contribution in [0.5, 0.6) is 5.75 Å². The predicted molar refractivity (Wildman–Crippen MR) is 116 cm³/mol. The van der Waals surface area contributed by atoms with Crippen molar-refractivity contribution < 1.29 is 23.2 Å². The zero-order valence-corrected chi connectivity index (χ0v) is 17.2. The molecule has 5 rings (SSSR count). The van der Waals surface area contributed by atoms with Crippen LogP contribution in [0.4, 0.5) is 4.79 Å². The molecule has 1 aliphatic rings. The van der Waals surface area contributed by atoms with Gasteiger partial charge in [0, 0.05) is 23.1 Å². The predicted octanol–water partition coefficient (Wildman–Crippen LogP) is 5.30. The molecule has 2 aromatic carbocycles. The maximum atomic E-state index is 11.7. The van der Waals surface area contributed by atoms with Gasteiger partial charge in [-0.1, -0.05) is 18.2 Å². The normalized spacial score (nSPS) is 15.1. The van der Waals surface area contributed by atoms with Gasteiger partial charge in [0.15, 0.2) is 0 Å². The summed E-state index contributed by atoms with van der Waals surface area (Å²) >= 11 is 0.850. The number of imide groups is 1. The van der Waals surface area contributed by atoms with Crippen molar-refractivity contribution in [3.63, 3.8) is 0 Å². The van der Waals surface area contributed by atoms with Gasteiger partial charge in [-0.05, 0) is 49.0 Å². The van der Waals surface area contributed by atoms with E-state index in [4.69, 9.17) is 13.6 Å². The summed E-state index contributed by atoms with van der Waals surface area (Å²) in [5, 5.41) is 2.69. The quantitative estimate of drug-likeness (QED) is 0.428. The van der Waals surface area contributed by atoms with E-state index in [2.05, 4.69) is 10.3 Å². The van der Waals surface area contributed by atoms with E-state index in [-0.39, 0.29) is 11.8 Å². The minimum Gasteiger partial charge on any atom is -0.487 e. The lowest BCUT2D eigenvalue weighted by atomic mass is 10.2. The van der Waals surface area contributed by atoms with E-state index in [1.54, 1.807) is 18.2 Å². The average Bonchev–Trinajstić information content (AvgIpc) is 3.43. The molecule has 31 heavy (non-hydrogen) atoms. The van der Waals surface area contributed by atoms with Crippen molar-refractivity contribution >= 4 is 40.0 Å². The summed E-state index contributed by atoms with van der Waals surface area (Å²) in [6, 6.07) is 17.0. The number of rotatable bonds is 5. The highest BCUT2D eigenvalue weighted by atomic mass is 32.2. The molecule has 8 heteroatoms. The maximum absolute atomic E-state index is 11.7. The summed E-state index contributed by atoms with van der Waals surface area (Å²) in [6.07, 6.45) is 1.55. The number of aryl methyl sites for hydroxylation is 1. The van der Waals surface area contributed by atoms with Gasteiger partial charge in [0.05, 0.1) is 4.91 Å². The third kappa shape index (κ3) is 3.97. The van der Waals surface area contributed by atoms with Gasteiger partial charge in [0.25, 0.3) is 11.1 Å². The molecule has 0 unspecified atom stereocenters. The number of oxazole rings is 1. The molecule has 4 aromatic rings. The number of ether oxygens (including phenoxy) is 1. The number of benzene rings is 2. The van der Waals surface area contributed by atoms with Gasteiger partial charge in [-0.3, -0.25) is 14.9 Å². The van der Waals surface area contributed by atoms with Crippen LogP contribution < -0.4 is 10.1 Å². The highest BCUT2D eigenvalue weighted by Crippen LogP contribution is 2.30. The number of hydrogen-bond acceptors (Lipinski definition) is 7. The molecule has 0 atom stereocenters. The molecule has 1 N–H and O–H groups in total. The fourth-order valence-electron chi connectivity index (χ4n) is 3.16. The number of carbonyl (C=O) groups is 2. The van der Waals surface area contributed by atoms with E-state index in [0.29, 0.717) is 33.6 Å². The molecule has 3 heterocycles. The smallest absolute Gasteiger partial charge is 0.290 e. The highest BCUT2D eigenvalue weighted by molar-refractivity contribution is 8.18. The Bertz CT molecular complexity index is 1340. The van der Waals surface area contributed by atoms with Gasteiger partial charge in [0.1, 0.15) is 35.2 Å². The molecule has 0 radical (unpaired) electrons. The van der Waals surface area contributed by atoms with Crippen LogP contribution in [0.1, 0.15) is 17.2 Å². The van der Waals surface area contributed by atoms with Crippen molar-refractivity contribution in [1.29, 1.82) is 0 Å². The van der Waals surface area contributed by atoms with Gasteiger partial charge in [-0.25, -0.2) is 4.98 Å². The number of hydrogen-bond donors (Lipinski definition) is 1. The standard InChI is InChI=1S/C23H16N2O5S/c1-13-18(24-22(29-13)14-5-3-2-4-6-14)12-28-16-8-7-15-9-17(30-19(15)10-16)11-20-21(26)25-23(27)31-20/h2-11H,12H2,1H3,(H,25,26,27). The van der Waals surface area contributed by atoms with Crippen LogP contribution in [-0.4, -0.2) is 16.1 Å². The highest BCUT2D eigenvalue weighted by Gasteiger charge is 2.25. The molecule has 2 amide bonds. The van der Waals surface area contributed by atoms with Crippen molar-refractivity contribution in [3.8, 4) is 17.2 Å². The fraction of sp³-hybridized carbons (Fsp3) is 0.0870. The van der Waals surface area contributed by atoms with E-state index < -0.39 is 5.91 Å². The Kier molecular flexibility index (Phi) is 4.83. The molecule has 0 aliphatic carbocycles. The van der Waals surface area contributed by atoms with Crippen molar-refractivity contribution in [2.24, 2.45) is 0 Å². The molecular formula is C23H16N2O5S. The lowest BCUT2D eigenvalue weighted by Crippen LogP contribution is -2.17. The molecule has 7 nitrogen and oxygen atoms in total. The second-order valence-electron chi connectivity index (χ2n) is 6.88. The van der Waals surface area contributed by atoms with Gasteiger partial charge < -0.3 is 13.6 Å². The van der Waals surface area contributed by atoms with Crippen LogP contribution in [0.25, 0.3) is 28.5 Å². The van der Waals surface area contributed by atoms with Crippen LogP contribution >= 0.6 is 11.8 Å². The Morgan fingerprint density at radius 1 is 1.10 bits per heavy atom. The minimum absolute atomic E-state index is 0.254. The summed E-state index contributed by atoms with van der Waals surface area (Å²) in [6.45, 7) is 2.11. The summed E-state index contributed by atoms with van der Waals surface area (Å²) in [7, 11) is 0. The molecule has 2 aromatic heterocycles. The third-order valence-electron chi connectivity index (χ3n) is 4.71. The second-order valence-corrected chi connectivity index (χ2v) is 7.89. The Balaban J connectivity index is 1.33. The topological polar surface area (TPSA) is 94.6 Å². The number of nitrogens with zero attached hydrogens (tertiary/aromatic N) is 1. The van der Waals surface area contributed by atoms with Gasteiger partial charge in [-0.2, -0.15) is 0 Å². The van der Waals surface area contributed by atoms with Crippen LogP contribution in [0.15, 0.2) is 68.3 Å². The molecule has 1 fully saturated rings. The lowest BCUT2D eigenvalue weighted by Gasteiger charge is -2.04. The summed E-state index contributed by atoms with van der Waals surface area (Å²) in [5.41, 5.74) is 2.24. The molecule has 0 saturated carbocycles. The first-order valence-corrected chi connectivity index (χ1v) is 10.3. The Morgan fingerprint density at radius 2 is 1.94 bits per heavy atom. The number of carbonyl (C=O) groups excluding carboxylic acids is 2. The van der Waals surface area contributed by atoms with E-state index in [1.807, 2.05) is 49.4 Å². The second kappa shape index (κ2) is 7.81. The lowest BCUT2D eigenvalue weighted by molar-refractivity contribution is -0.115. The average molecular weight is 432 g/mol. The Morgan fingerprint density at radius 3 is 2.71 bits per heavy atom. The fourth-order valence-corrected chi connectivity index (χ4v) is 3.82. The van der Waals surface area contributed by atoms with E-state index in [0.717, 1.165) is 28.4 Å². The Hall–Kier alpha value is -3.78. The van der Waals surface area contributed by atoms with E-state index in [9.17, 15) is 9.59 Å². The first-order valence-electron chi connectivity index (χ1n) is 9.48. The van der Waals surface area contributed by atoms with Crippen LogP contribution in [0.2, 0.25) is 0 Å².